The van der Waals surface area contributed by atoms with Crippen LogP contribution in [0.2, 0.25) is 0 Å². The fourth-order valence-electron chi connectivity index (χ4n) is 2.48. The Balaban J connectivity index is 1.64. The Kier molecular flexibility index (Phi) is 9.12. The first-order valence-electron chi connectivity index (χ1n) is 9.48. The molecular weight excluding hydrogens is 420 g/mol. The van der Waals surface area contributed by atoms with Gasteiger partial charge in [0.15, 0.2) is 0 Å². The molecule has 2 aromatic carbocycles. The molecule has 32 heavy (non-hydrogen) atoms. The lowest BCUT2D eigenvalue weighted by atomic mass is 10.2. The Bertz CT molecular complexity index is 969. The number of carbonyl (C=O) groups excluding carboxylic acids is 2. The smallest absolute Gasteiger partial charge is 0.270 e. The van der Waals surface area contributed by atoms with Crippen molar-refractivity contribution in [2.45, 2.75) is 25.7 Å². The van der Waals surface area contributed by atoms with Crippen LogP contribution in [0.5, 0.6) is 0 Å². The highest BCUT2D eigenvalue weighted by molar-refractivity contribution is 5.84. The molecule has 0 atom stereocenters. The molecule has 2 N–H and O–H groups in total. The molecule has 2 aromatic rings. The van der Waals surface area contributed by atoms with Crippen LogP contribution in [0.25, 0.3) is 0 Å². The van der Waals surface area contributed by atoms with Gasteiger partial charge in [0, 0.05) is 48.2 Å². The zero-order valence-electron chi connectivity index (χ0n) is 16.8. The van der Waals surface area contributed by atoms with Crippen LogP contribution >= 0.6 is 0 Å². The third-order valence-corrected chi connectivity index (χ3v) is 4.03. The van der Waals surface area contributed by atoms with E-state index < -0.39 is 9.85 Å². The first kappa shape index (κ1) is 23.8. The van der Waals surface area contributed by atoms with Gasteiger partial charge in [-0.3, -0.25) is 29.8 Å². The second kappa shape index (κ2) is 12.3. The highest BCUT2D eigenvalue weighted by Crippen LogP contribution is 2.12. The van der Waals surface area contributed by atoms with Crippen molar-refractivity contribution >= 4 is 35.6 Å². The lowest BCUT2D eigenvalue weighted by Crippen LogP contribution is -2.19. The zero-order chi connectivity index (χ0) is 23.3. The Morgan fingerprint density at radius 1 is 0.781 bits per heavy atom. The summed E-state index contributed by atoms with van der Waals surface area (Å²) in [5, 5.41) is 28.9. The summed E-state index contributed by atoms with van der Waals surface area (Å²) in [7, 11) is 0. The summed E-state index contributed by atoms with van der Waals surface area (Å²) in [6.07, 6.45) is 3.79. The summed E-state index contributed by atoms with van der Waals surface area (Å²) < 4.78 is 0. The van der Waals surface area contributed by atoms with Gasteiger partial charge in [-0.1, -0.05) is 24.3 Å². The van der Waals surface area contributed by atoms with E-state index in [1.807, 2.05) is 0 Å². The number of nitro benzene ring substituents is 2. The quantitative estimate of drug-likeness (QED) is 0.235. The van der Waals surface area contributed by atoms with Gasteiger partial charge in [0.05, 0.1) is 22.3 Å². The summed E-state index contributed by atoms with van der Waals surface area (Å²) in [6, 6.07) is 11.6. The van der Waals surface area contributed by atoms with Crippen molar-refractivity contribution in [1.29, 1.82) is 0 Å². The lowest BCUT2D eigenvalue weighted by molar-refractivity contribution is -0.385. The molecule has 0 spiro atoms. The van der Waals surface area contributed by atoms with Crippen molar-refractivity contribution in [2.24, 2.45) is 10.2 Å². The maximum atomic E-state index is 11.8. The number of non-ortho nitro benzene ring substituents is 2. The van der Waals surface area contributed by atoms with Gasteiger partial charge in [0.2, 0.25) is 11.8 Å². The van der Waals surface area contributed by atoms with E-state index in [4.69, 9.17) is 0 Å². The second-order valence-corrected chi connectivity index (χ2v) is 6.50. The number of unbranched alkanes of at least 4 members (excludes halogenated alkanes) is 1. The van der Waals surface area contributed by atoms with E-state index >= 15 is 0 Å². The van der Waals surface area contributed by atoms with Crippen LogP contribution < -0.4 is 10.9 Å². The molecule has 0 aliphatic heterocycles. The lowest BCUT2D eigenvalue weighted by Gasteiger charge is -2.01. The third kappa shape index (κ3) is 8.49. The van der Waals surface area contributed by atoms with Gasteiger partial charge < -0.3 is 0 Å². The van der Waals surface area contributed by atoms with Gasteiger partial charge >= 0.3 is 0 Å². The number of carbonyl (C=O) groups is 2. The van der Waals surface area contributed by atoms with Crippen LogP contribution in [0, 0.1) is 20.2 Å². The monoisotopic (exact) mass is 440 g/mol. The molecule has 0 radical (unpaired) electrons. The van der Waals surface area contributed by atoms with E-state index in [2.05, 4.69) is 21.1 Å². The highest BCUT2D eigenvalue weighted by atomic mass is 16.6. The first-order valence-corrected chi connectivity index (χ1v) is 9.48. The van der Waals surface area contributed by atoms with Gasteiger partial charge in [0.1, 0.15) is 0 Å². The largest absolute Gasteiger partial charge is 0.273 e. The Hall–Kier alpha value is -4.48. The van der Waals surface area contributed by atoms with Crippen LogP contribution in [0.15, 0.2) is 58.7 Å². The van der Waals surface area contributed by atoms with Crippen molar-refractivity contribution in [3.63, 3.8) is 0 Å². The molecule has 0 saturated carbocycles. The van der Waals surface area contributed by atoms with Crippen LogP contribution in [0.4, 0.5) is 11.4 Å². The minimum atomic E-state index is -0.523. The molecule has 0 fully saturated rings. The number of benzene rings is 2. The first-order chi connectivity index (χ1) is 15.3. The molecule has 0 unspecified atom stereocenters. The number of hydrazone groups is 2. The third-order valence-electron chi connectivity index (χ3n) is 4.03. The second-order valence-electron chi connectivity index (χ2n) is 6.50. The minimum Gasteiger partial charge on any atom is -0.273 e. The van der Waals surface area contributed by atoms with Crippen molar-refractivity contribution < 1.29 is 19.4 Å². The summed E-state index contributed by atoms with van der Waals surface area (Å²) in [5.74, 6) is -0.702. The normalized spacial score (nSPS) is 10.9. The Morgan fingerprint density at radius 2 is 1.19 bits per heavy atom. The average molecular weight is 440 g/mol. The van der Waals surface area contributed by atoms with Crippen LogP contribution in [0.1, 0.15) is 36.8 Å². The number of nitrogens with zero attached hydrogens (tertiary/aromatic N) is 4. The van der Waals surface area contributed by atoms with Crippen LogP contribution in [-0.4, -0.2) is 34.1 Å². The van der Waals surface area contributed by atoms with Crippen molar-refractivity contribution in [3.8, 4) is 0 Å². The van der Waals surface area contributed by atoms with Crippen LogP contribution in [0.3, 0.4) is 0 Å². The van der Waals surface area contributed by atoms with E-state index in [-0.39, 0.29) is 36.0 Å². The molecule has 0 aliphatic carbocycles. The predicted octanol–water partition coefficient (Wildman–Crippen LogP) is 2.66. The average Bonchev–Trinajstić information content (AvgIpc) is 2.77. The summed E-state index contributed by atoms with van der Waals surface area (Å²) in [5.41, 5.74) is 5.44. The maximum Gasteiger partial charge on any atom is 0.270 e. The topological polar surface area (TPSA) is 169 Å². The molecule has 0 heterocycles. The van der Waals surface area contributed by atoms with Gasteiger partial charge in [-0.2, -0.15) is 10.2 Å². The standard InChI is InChI=1S/C20H20N6O6/c27-19(23-21-13-15-5-3-7-17(11-15)25(29)30)9-1-2-10-20(28)24-22-14-16-6-4-8-18(12-16)26(31)32/h3-8,11-14H,1-2,9-10H2,(H,23,27)(H,24,28). The van der Waals surface area contributed by atoms with Crippen molar-refractivity contribution in [2.75, 3.05) is 0 Å². The highest BCUT2D eigenvalue weighted by Gasteiger charge is 2.06. The summed E-state index contributed by atoms with van der Waals surface area (Å²) in [6.45, 7) is 0. The number of nitro groups is 2. The van der Waals surface area contributed by atoms with E-state index in [0.717, 1.165) is 0 Å². The van der Waals surface area contributed by atoms with Gasteiger partial charge in [0.25, 0.3) is 11.4 Å². The number of rotatable bonds is 11. The molecule has 2 amide bonds. The molecule has 0 aromatic heterocycles. The fourth-order valence-corrected chi connectivity index (χ4v) is 2.48. The molecule has 0 bridgehead atoms. The van der Waals surface area contributed by atoms with E-state index in [1.54, 1.807) is 12.1 Å². The summed E-state index contributed by atoms with van der Waals surface area (Å²) in [4.78, 5) is 43.9. The number of nitrogens with one attached hydrogen (secondary N) is 2. The molecule has 12 heteroatoms. The number of amides is 2. The molecule has 0 aliphatic rings. The Morgan fingerprint density at radius 3 is 1.56 bits per heavy atom. The van der Waals surface area contributed by atoms with E-state index in [9.17, 15) is 29.8 Å². The van der Waals surface area contributed by atoms with Gasteiger partial charge in [-0.05, 0) is 12.8 Å². The number of hydrogen-bond acceptors (Lipinski definition) is 8. The SMILES string of the molecule is O=C(CCCCC(=O)NN=Cc1cccc([N+](=O)[O-])c1)NN=Cc1cccc([N+](=O)[O-])c1. The molecule has 166 valence electrons. The Labute approximate surface area is 182 Å². The van der Waals surface area contributed by atoms with E-state index in [1.165, 1.54) is 48.8 Å². The van der Waals surface area contributed by atoms with Gasteiger partial charge in [-0.25, -0.2) is 10.9 Å². The molecular formula is C20H20N6O6. The summed E-state index contributed by atoms with van der Waals surface area (Å²) >= 11 is 0. The molecule has 12 nitrogen and oxygen atoms in total. The van der Waals surface area contributed by atoms with Crippen molar-refractivity contribution in [1.82, 2.24) is 10.9 Å². The predicted molar refractivity (Wildman–Crippen MR) is 116 cm³/mol. The fraction of sp³-hybridized carbons (Fsp3) is 0.200. The molecule has 0 saturated heterocycles. The maximum absolute atomic E-state index is 11.8. The zero-order valence-corrected chi connectivity index (χ0v) is 16.8. The van der Waals surface area contributed by atoms with Gasteiger partial charge in [-0.15, -0.1) is 0 Å². The van der Waals surface area contributed by atoms with E-state index in [0.29, 0.717) is 24.0 Å². The van der Waals surface area contributed by atoms with Crippen LogP contribution in [-0.2, 0) is 9.59 Å². The molecule has 2 rings (SSSR count). The van der Waals surface area contributed by atoms with Crippen molar-refractivity contribution in [3.05, 3.63) is 79.9 Å². The minimum absolute atomic E-state index is 0.0760. The number of hydrogen-bond donors (Lipinski definition) is 2.